The minimum atomic E-state index is -1.17. The maximum absolute atomic E-state index is 13.2. The Hall–Kier alpha value is -3.98. The summed E-state index contributed by atoms with van der Waals surface area (Å²) in [6.45, 7) is 1.43. The second-order valence-corrected chi connectivity index (χ2v) is 9.59. The van der Waals surface area contributed by atoms with Crippen molar-refractivity contribution in [1.29, 1.82) is 0 Å². The highest BCUT2D eigenvalue weighted by atomic mass is 32.2. The number of benzene rings is 3. The van der Waals surface area contributed by atoms with Crippen molar-refractivity contribution in [3.8, 4) is 11.5 Å². The van der Waals surface area contributed by atoms with E-state index in [0.717, 1.165) is 20.3 Å². The molecule has 0 radical (unpaired) electrons. The number of urea groups is 1. The zero-order valence-electron chi connectivity index (χ0n) is 18.9. The maximum atomic E-state index is 13.2. The van der Waals surface area contributed by atoms with Crippen molar-refractivity contribution in [1.82, 2.24) is 10.2 Å². The summed E-state index contributed by atoms with van der Waals surface area (Å²) in [6, 6.07) is 22.0. The van der Waals surface area contributed by atoms with Crippen LogP contribution >= 0.6 is 11.8 Å². The van der Waals surface area contributed by atoms with Crippen molar-refractivity contribution < 1.29 is 23.9 Å². The first-order chi connectivity index (χ1) is 16.9. The van der Waals surface area contributed by atoms with E-state index < -0.39 is 23.4 Å². The molecule has 0 spiro atoms. The first-order valence-corrected chi connectivity index (χ1v) is 11.9. The Morgan fingerprint density at radius 3 is 2.60 bits per heavy atom. The molecule has 1 fully saturated rings. The van der Waals surface area contributed by atoms with E-state index in [0.29, 0.717) is 17.2 Å². The van der Waals surface area contributed by atoms with Crippen LogP contribution in [0.5, 0.6) is 11.5 Å². The molecule has 0 saturated carbocycles. The molecule has 9 heteroatoms. The lowest BCUT2D eigenvalue weighted by molar-refractivity contribution is -0.133. The third-order valence-electron chi connectivity index (χ3n) is 5.77. The van der Waals surface area contributed by atoms with Gasteiger partial charge in [0.1, 0.15) is 12.1 Å². The van der Waals surface area contributed by atoms with Crippen molar-refractivity contribution in [2.24, 2.45) is 0 Å². The smallest absolute Gasteiger partial charge is 0.325 e. The Morgan fingerprint density at radius 2 is 1.77 bits per heavy atom. The lowest BCUT2D eigenvalue weighted by Crippen LogP contribution is -2.46. The lowest BCUT2D eigenvalue weighted by Gasteiger charge is -2.22. The van der Waals surface area contributed by atoms with Crippen LogP contribution in [0.15, 0.2) is 82.6 Å². The molecule has 2 heterocycles. The van der Waals surface area contributed by atoms with Gasteiger partial charge in [-0.05, 0) is 48.9 Å². The summed E-state index contributed by atoms with van der Waals surface area (Å²) in [7, 11) is 0. The predicted octanol–water partition coefficient (Wildman–Crippen LogP) is 4.06. The number of carbonyl (C=O) groups is 3. The van der Waals surface area contributed by atoms with E-state index in [1.54, 1.807) is 25.1 Å². The summed E-state index contributed by atoms with van der Waals surface area (Å²) in [4.78, 5) is 41.5. The van der Waals surface area contributed by atoms with Crippen molar-refractivity contribution in [2.75, 3.05) is 18.7 Å². The molecule has 0 aliphatic carbocycles. The van der Waals surface area contributed by atoms with Gasteiger partial charge in [-0.1, -0.05) is 48.2 Å². The van der Waals surface area contributed by atoms with Crippen LogP contribution in [0.25, 0.3) is 0 Å². The number of hydrogen-bond donors (Lipinski definition) is 2. The number of ether oxygens (including phenoxy) is 2. The molecule has 1 atom stereocenters. The minimum absolute atomic E-state index is 0.154. The fourth-order valence-electron chi connectivity index (χ4n) is 4.08. The van der Waals surface area contributed by atoms with Gasteiger partial charge in [0.2, 0.25) is 12.7 Å². The Balaban J connectivity index is 1.26. The van der Waals surface area contributed by atoms with Crippen LogP contribution in [0, 0.1) is 0 Å². The fourth-order valence-corrected chi connectivity index (χ4v) is 5.00. The van der Waals surface area contributed by atoms with Crippen LogP contribution in [0.3, 0.4) is 0 Å². The maximum Gasteiger partial charge on any atom is 0.325 e. The summed E-state index contributed by atoms with van der Waals surface area (Å²) in [5.41, 5.74) is 0.247. The van der Waals surface area contributed by atoms with Gasteiger partial charge in [0.25, 0.3) is 5.91 Å². The largest absolute Gasteiger partial charge is 0.454 e. The Kier molecular flexibility index (Phi) is 6.08. The highest BCUT2D eigenvalue weighted by Gasteiger charge is 2.48. The first-order valence-electron chi connectivity index (χ1n) is 11.1. The number of hydrogen-bond acceptors (Lipinski definition) is 6. The molecule has 3 aromatic rings. The van der Waals surface area contributed by atoms with Crippen LogP contribution in [0.2, 0.25) is 0 Å². The Bertz CT molecular complexity index is 1300. The van der Waals surface area contributed by atoms with E-state index in [4.69, 9.17) is 9.47 Å². The molecule has 2 aliphatic rings. The molecule has 4 amide bonds. The second kappa shape index (κ2) is 9.34. The van der Waals surface area contributed by atoms with Gasteiger partial charge in [-0.2, -0.15) is 0 Å². The number of amides is 4. The monoisotopic (exact) mass is 489 g/mol. The van der Waals surface area contributed by atoms with E-state index in [-0.39, 0.29) is 19.8 Å². The standard InChI is InChI=1S/C26H23N3O5S/c1-26(14-17-11-12-20-21(13-17)34-16-33-20)24(31)29(25(32)28-26)15-23(30)27-19-9-5-6-10-22(19)35-18-7-3-2-4-8-18/h2-13H,14-16H2,1H3,(H,27,30)(H,28,32)/t26-/m0/s1. The Labute approximate surface area is 206 Å². The van der Waals surface area contributed by atoms with E-state index in [1.807, 2.05) is 54.6 Å². The quantitative estimate of drug-likeness (QED) is 0.486. The molecule has 35 heavy (non-hydrogen) atoms. The van der Waals surface area contributed by atoms with E-state index in [2.05, 4.69) is 10.6 Å². The minimum Gasteiger partial charge on any atom is -0.454 e. The molecule has 3 aromatic carbocycles. The summed E-state index contributed by atoms with van der Waals surface area (Å²) in [6.07, 6.45) is 0.253. The number of rotatable bonds is 7. The highest BCUT2D eigenvalue weighted by Crippen LogP contribution is 2.35. The van der Waals surface area contributed by atoms with Gasteiger partial charge in [-0.3, -0.25) is 14.5 Å². The van der Waals surface area contributed by atoms with Crippen LogP contribution in [0.1, 0.15) is 12.5 Å². The average molecular weight is 490 g/mol. The average Bonchev–Trinajstić information content (AvgIpc) is 3.39. The predicted molar refractivity (Wildman–Crippen MR) is 131 cm³/mol. The van der Waals surface area contributed by atoms with Gasteiger partial charge in [0, 0.05) is 16.2 Å². The molecule has 0 bridgehead atoms. The number of carbonyl (C=O) groups excluding carboxylic acids is 3. The van der Waals surface area contributed by atoms with Crippen molar-refractivity contribution in [2.45, 2.75) is 28.7 Å². The lowest BCUT2D eigenvalue weighted by atomic mass is 9.92. The van der Waals surface area contributed by atoms with E-state index >= 15 is 0 Å². The molecule has 0 unspecified atom stereocenters. The Morgan fingerprint density at radius 1 is 1.03 bits per heavy atom. The molecule has 1 saturated heterocycles. The number of fused-ring (bicyclic) bond motifs is 1. The zero-order chi connectivity index (χ0) is 24.4. The highest BCUT2D eigenvalue weighted by molar-refractivity contribution is 7.99. The molecule has 8 nitrogen and oxygen atoms in total. The topological polar surface area (TPSA) is 97.0 Å². The SMILES string of the molecule is C[C@@]1(Cc2ccc3c(c2)OCO3)NC(=O)N(CC(=O)Nc2ccccc2Sc2ccccc2)C1=O. The molecular formula is C26H23N3O5S. The van der Waals surface area contributed by atoms with Gasteiger partial charge in [-0.15, -0.1) is 0 Å². The molecule has 0 aromatic heterocycles. The van der Waals surface area contributed by atoms with Crippen molar-refractivity contribution in [3.05, 3.63) is 78.4 Å². The van der Waals surface area contributed by atoms with Crippen LogP contribution in [-0.4, -0.2) is 41.6 Å². The number of nitrogens with zero attached hydrogens (tertiary/aromatic N) is 1. The van der Waals surface area contributed by atoms with Crippen molar-refractivity contribution >= 4 is 35.3 Å². The number of anilines is 1. The number of nitrogens with one attached hydrogen (secondary N) is 2. The van der Waals surface area contributed by atoms with Gasteiger partial charge in [-0.25, -0.2) is 4.79 Å². The van der Waals surface area contributed by atoms with E-state index in [1.165, 1.54) is 11.8 Å². The van der Waals surface area contributed by atoms with Gasteiger partial charge in [0.05, 0.1) is 5.69 Å². The molecular weight excluding hydrogens is 466 g/mol. The summed E-state index contributed by atoms with van der Waals surface area (Å²) in [5.74, 6) is 0.333. The molecule has 178 valence electrons. The zero-order valence-corrected chi connectivity index (χ0v) is 19.8. The van der Waals surface area contributed by atoms with Gasteiger partial charge in [0.15, 0.2) is 11.5 Å². The first kappa shape index (κ1) is 22.8. The number of imide groups is 1. The fraction of sp³-hybridized carbons (Fsp3) is 0.192. The third-order valence-corrected chi connectivity index (χ3v) is 6.86. The molecule has 2 aliphatic heterocycles. The van der Waals surface area contributed by atoms with Crippen LogP contribution in [-0.2, 0) is 16.0 Å². The summed E-state index contributed by atoms with van der Waals surface area (Å²) < 4.78 is 10.7. The van der Waals surface area contributed by atoms with Crippen LogP contribution < -0.4 is 20.1 Å². The third kappa shape index (κ3) is 4.81. The normalized spacial score (nSPS) is 18.5. The molecule has 5 rings (SSSR count). The van der Waals surface area contributed by atoms with Crippen LogP contribution in [0.4, 0.5) is 10.5 Å². The summed E-state index contributed by atoms with van der Waals surface area (Å²) >= 11 is 1.52. The molecule has 2 N–H and O–H groups in total. The van der Waals surface area contributed by atoms with Gasteiger partial charge >= 0.3 is 6.03 Å². The number of para-hydroxylation sites is 1. The van der Waals surface area contributed by atoms with Crippen molar-refractivity contribution in [3.63, 3.8) is 0 Å². The van der Waals surface area contributed by atoms with Gasteiger partial charge < -0.3 is 20.1 Å². The summed E-state index contributed by atoms with van der Waals surface area (Å²) in [5, 5.41) is 5.58. The second-order valence-electron chi connectivity index (χ2n) is 8.48. The van der Waals surface area contributed by atoms with E-state index in [9.17, 15) is 14.4 Å².